The summed E-state index contributed by atoms with van der Waals surface area (Å²) in [5.41, 5.74) is 1.77. The molecule has 0 aliphatic heterocycles. The minimum Gasteiger partial charge on any atom is -0.379 e. The maximum Gasteiger partial charge on any atom is 0.125 e. The van der Waals surface area contributed by atoms with E-state index in [9.17, 15) is 5.11 Å². The first-order valence-corrected chi connectivity index (χ1v) is 5.99. The van der Waals surface area contributed by atoms with E-state index in [1.54, 1.807) is 5.51 Å². The molecule has 1 aliphatic rings. The van der Waals surface area contributed by atoms with Crippen molar-refractivity contribution in [2.24, 2.45) is 5.92 Å². The summed E-state index contributed by atoms with van der Waals surface area (Å²) >= 11 is 1.53. The van der Waals surface area contributed by atoms with Gasteiger partial charge in [-0.2, -0.15) is 0 Å². The molecule has 1 aliphatic carbocycles. The van der Waals surface area contributed by atoms with Gasteiger partial charge in [-0.3, -0.25) is 0 Å². The summed E-state index contributed by atoms with van der Waals surface area (Å²) in [6.45, 7) is 2.18. The number of hydrogen-bond donors (Lipinski definition) is 1. The second-order valence-electron chi connectivity index (χ2n) is 3.86. The third-order valence-corrected chi connectivity index (χ3v) is 3.53. The summed E-state index contributed by atoms with van der Waals surface area (Å²) < 4.78 is 0. The molecule has 1 N–H and O–H groups in total. The smallest absolute Gasteiger partial charge is 0.125 e. The largest absolute Gasteiger partial charge is 0.379 e. The van der Waals surface area contributed by atoms with Gasteiger partial charge in [0.2, 0.25) is 0 Å². The van der Waals surface area contributed by atoms with Crippen LogP contribution in [0.4, 0.5) is 0 Å². The van der Waals surface area contributed by atoms with Gasteiger partial charge in [0.05, 0.1) is 11.2 Å². The number of aromatic nitrogens is 1. The zero-order valence-corrected chi connectivity index (χ0v) is 9.13. The van der Waals surface area contributed by atoms with Crippen molar-refractivity contribution in [1.29, 1.82) is 0 Å². The van der Waals surface area contributed by atoms with Crippen LogP contribution in [-0.4, -0.2) is 10.1 Å². The van der Waals surface area contributed by atoms with Crippen molar-refractivity contribution in [3.8, 4) is 0 Å². The van der Waals surface area contributed by atoms with E-state index >= 15 is 0 Å². The normalized spacial score (nSPS) is 32.0. The minimum atomic E-state index is -0.800. The highest BCUT2D eigenvalue weighted by molar-refractivity contribution is 7.07. The van der Waals surface area contributed by atoms with Crippen molar-refractivity contribution in [3.63, 3.8) is 0 Å². The molecule has 0 aromatic carbocycles. The van der Waals surface area contributed by atoms with E-state index in [-0.39, 0.29) is 0 Å². The molecule has 2 atom stereocenters. The molecule has 0 fully saturated rings. The monoisotopic (exact) mass is 209 g/mol. The molecule has 1 aromatic rings. The summed E-state index contributed by atoms with van der Waals surface area (Å²) in [6.07, 6.45) is 7.05. The van der Waals surface area contributed by atoms with E-state index in [4.69, 9.17) is 0 Å². The average molecular weight is 209 g/mol. The van der Waals surface area contributed by atoms with Gasteiger partial charge in [-0.05, 0) is 25.2 Å². The van der Waals surface area contributed by atoms with Gasteiger partial charge in [0.25, 0.3) is 0 Å². The summed E-state index contributed by atoms with van der Waals surface area (Å²) in [6, 6.07) is 0. The molecular weight excluding hydrogens is 194 g/mol. The Labute approximate surface area is 88.3 Å². The van der Waals surface area contributed by atoms with Crippen molar-refractivity contribution in [3.05, 3.63) is 28.7 Å². The van der Waals surface area contributed by atoms with Gasteiger partial charge in [0, 0.05) is 5.38 Å². The molecule has 0 amide bonds. The minimum absolute atomic E-state index is 0.633. The van der Waals surface area contributed by atoms with Gasteiger partial charge in [-0.15, -0.1) is 11.3 Å². The Balaban J connectivity index is 2.20. The Hall–Kier alpha value is -0.670. The second-order valence-corrected chi connectivity index (χ2v) is 4.58. The quantitative estimate of drug-likeness (QED) is 0.760. The molecule has 2 unspecified atom stereocenters. The molecule has 1 heterocycles. The van der Waals surface area contributed by atoms with Crippen LogP contribution >= 0.6 is 11.3 Å². The van der Waals surface area contributed by atoms with Crippen LogP contribution < -0.4 is 0 Å². The average Bonchev–Trinajstić information content (AvgIpc) is 2.72. The molecule has 76 valence electrons. The summed E-state index contributed by atoms with van der Waals surface area (Å²) in [5.74, 6) is 0.633. The topological polar surface area (TPSA) is 33.1 Å². The predicted octanol–water partition coefficient (Wildman–Crippen LogP) is 2.71. The van der Waals surface area contributed by atoms with Gasteiger partial charge in [-0.1, -0.05) is 19.1 Å². The van der Waals surface area contributed by atoms with Crippen LogP contribution in [0, 0.1) is 5.92 Å². The third kappa shape index (κ3) is 1.74. The Bertz CT molecular complexity index is 320. The lowest BCUT2D eigenvalue weighted by atomic mass is 9.82. The van der Waals surface area contributed by atoms with Gasteiger partial charge in [-0.25, -0.2) is 4.98 Å². The summed E-state index contributed by atoms with van der Waals surface area (Å²) in [4.78, 5) is 4.18. The lowest BCUT2D eigenvalue weighted by Gasteiger charge is -2.29. The van der Waals surface area contributed by atoms with Gasteiger partial charge >= 0.3 is 0 Å². The van der Waals surface area contributed by atoms with E-state index in [1.807, 2.05) is 11.5 Å². The third-order valence-electron chi connectivity index (χ3n) is 2.94. The first-order chi connectivity index (χ1) is 6.74. The van der Waals surface area contributed by atoms with Gasteiger partial charge in [0.15, 0.2) is 0 Å². The maximum atomic E-state index is 10.3. The zero-order chi connectivity index (χ0) is 10.0. The number of aliphatic hydroxyl groups is 1. The van der Waals surface area contributed by atoms with Crippen molar-refractivity contribution in [2.75, 3.05) is 0 Å². The SMILES string of the molecule is CCC1C=CC(O)(c2cscn2)CC1. The fourth-order valence-corrected chi connectivity index (χ4v) is 2.49. The molecule has 0 bridgehead atoms. The molecule has 0 saturated carbocycles. The lowest BCUT2D eigenvalue weighted by molar-refractivity contribution is 0.0623. The molecule has 0 saturated heterocycles. The highest BCUT2D eigenvalue weighted by Crippen LogP contribution is 2.34. The van der Waals surface area contributed by atoms with Crippen molar-refractivity contribution in [1.82, 2.24) is 4.98 Å². The fourth-order valence-electron chi connectivity index (χ4n) is 1.86. The van der Waals surface area contributed by atoms with Gasteiger partial charge in [0.1, 0.15) is 5.60 Å². The van der Waals surface area contributed by atoms with E-state index in [2.05, 4.69) is 18.0 Å². The number of hydrogen-bond acceptors (Lipinski definition) is 3. The first-order valence-electron chi connectivity index (χ1n) is 5.05. The maximum absolute atomic E-state index is 10.3. The standard InChI is InChI=1S/C11H15NOS/c1-2-9-3-5-11(13,6-4-9)10-7-14-8-12-10/h3,5,7-9,13H,2,4,6H2,1H3. The molecule has 0 radical (unpaired) electrons. The molecule has 1 aromatic heterocycles. The van der Waals surface area contributed by atoms with E-state index in [0.29, 0.717) is 5.92 Å². The second kappa shape index (κ2) is 3.83. The van der Waals surface area contributed by atoms with Crippen molar-refractivity contribution < 1.29 is 5.11 Å². The van der Waals surface area contributed by atoms with Gasteiger partial charge < -0.3 is 5.11 Å². The van der Waals surface area contributed by atoms with Crippen molar-refractivity contribution in [2.45, 2.75) is 31.8 Å². The number of allylic oxidation sites excluding steroid dienone is 1. The van der Waals surface area contributed by atoms with Crippen LogP contribution in [0.5, 0.6) is 0 Å². The Morgan fingerprint density at radius 3 is 3.07 bits per heavy atom. The number of thiazole rings is 1. The summed E-state index contributed by atoms with van der Waals surface area (Å²) in [5, 5.41) is 12.2. The fraction of sp³-hybridized carbons (Fsp3) is 0.545. The van der Waals surface area contributed by atoms with Crippen LogP contribution in [0.15, 0.2) is 23.0 Å². The van der Waals surface area contributed by atoms with Crippen molar-refractivity contribution >= 4 is 11.3 Å². The predicted molar refractivity (Wildman–Crippen MR) is 58.2 cm³/mol. The van der Waals surface area contributed by atoms with E-state index in [1.165, 1.54) is 11.3 Å². The number of rotatable bonds is 2. The summed E-state index contributed by atoms with van der Waals surface area (Å²) in [7, 11) is 0. The zero-order valence-electron chi connectivity index (χ0n) is 8.31. The van der Waals surface area contributed by atoms with Crippen LogP contribution in [0.3, 0.4) is 0 Å². The van der Waals surface area contributed by atoms with Crippen LogP contribution in [0.25, 0.3) is 0 Å². The molecule has 0 spiro atoms. The number of nitrogens with zero attached hydrogens (tertiary/aromatic N) is 1. The lowest BCUT2D eigenvalue weighted by Crippen LogP contribution is -2.27. The molecular formula is C11H15NOS. The Morgan fingerprint density at radius 2 is 2.57 bits per heavy atom. The van der Waals surface area contributed by atoms with E-state index < -0.39 is 5.60 Å². The Morgan fingerprint density at radius 1 is 1.71 bits per heavy atom. The molecule has 2 rings (SSSR count). The first kappa shape index (κ1) is 9.87. The highest BCUT2D eigenvalue weighted by atomic mass is 32.1. The van der Waals surface area contributed by atoms with Crippen LogP contribution in [-0.2, 0) is 5.60 Å². The molecule has 14 heavy (non-hydrogen) atoms. The highest BCUT2D eigenvalue weighted by Gasteiger charge is 2.31. The van der Waals surface area contributed by atoms with Crippen LogP contribution in [0.2, 0.25) is 0 Å². The van der Waals surface area contributed by atoms with E-state index in [0.717, 1.165) is 25.0 Å². The molecule has 2 nitrogen and oxygen atoms in total. The Kier molecular flexibility index (Phi) is 2.70. The molecule has 3 heteroatoms. The van der Waals surface area contributed by atoms with Crippen LogP contribution in [0.1, 0.15) is 31.9 Å².